The molecule has 2 rings (SSSR count). The first-order chi connectivity index (χ1) is 12.4. The van der Waals surface area contributed by atoms with Gasteiger partial charge in [0, 0.05) is 11.3 Å². The van der Waals surface area contributed by atoms with Crippen LogP contribution in [0.4, 0.5) is 14.9 Å². The quantitative estimate of drug-likeness (QED) is 0.733. The monoisotopic (exact) mass is 359 g/mol. The summed E-state index contributed by atoms with van der Waals surface area (Å²) in [5.74, 6) is -1.74. The highest BCUT2D eigenvalue weighted by molar-refractivity contribution is 5.99. The molecule has 26 heavy (non-hydrogen) atoms. The van der Waals surface area contributed by atoms with Gasteiger partial charge in [0.05, 0.1) is 6.42 Å². The second-order valence-corrected chi connectivity index (χ2v) is 5.47. The number of nitrogens with two attached hydrogens (primary N) is 1. The molecule has 7 nitrogen and oxygen atoms in total. The van der Waals surface area contributed by atoms with E-state index in [0.717, 1.165) is 0 Å². The van der Waals surface area contributed by atoms with Crippen molar-refractivity contribution in [2.45, 2.75) is 19.4 Å². The number of hydrogen-bond donors (Lipinski definition) is 3. The van der Waals surface area contributed by atoms with Crippen molar-refractivity contribution in [1.82, 2.24) is 5.32 Å². The van der Waals surface area contributed by atoms with Crippen LogP contribution < -0.4 is 21.1 Å². The molecule has 0 saturated carbocycles. The van der Waals surface area contributed by atoms with Gasteiger partial charge in [-0.3, -0.25) is 9.59 Å². The molecule has 0 aromatic heterocycles. The van der Waals surface area contributed by atoms with Crippen molar-refractivity contribution in [3.05, 3.63) is 59.9 Å². The Kier molecular flexibility index (Phi) is 6.26. The molecular weight excluding hydrogens is 341 g/mol. The minimum atomic E-state index is -1.27. The smallest absolute Gasteiger partial charge is 0.410 e. The van der Waals surface area contributed by atoms with E-state index in [1.54, 1.807) is 30.3 Å². The molecule has 0 aliphatic rings. The van der Waals surface area contributed by atoms with Crippen molar-refractivity contribution < 1.29 is 23.5 Å². The average molecular weight is 359 g/mol. The second kappa shape index (κ2) is 8.61. The topological polar surface area (TPSA) is 111 Å². The van der Waals surface area contributed by atoms with E-state index in [0.29, 0.717) is 0 Å². The Labute approximate surface area is 149 Å². The van der Waals surface area contributed by atoms with Crippen LogP contribution in [0.2, 0.25) is 0 Å². The Hall–Kier alpha value is -3.42. The Morgan fingerprint density at radius 2 is 1.81 bits per heavy atom. The number of hydrogen-bond acceptors (Lipinski definition) is 4. The van der Waals surface area contributed by atoms with Gasteiger partial charge in [0.15, 0.2) is 0 Å². The van der Waals surface area contributed by atoms with Crippen LogP contribution in [-0.4, -0.2) is 23.9 Å². The van der Waals surface area contributed by atoms with Crippen molar-refractivity contribution in [2.24, 2.45) is 5.73 Å². The summed E-state index contributed by atoms with van der Waals surface area (Å²) in [5, 5.41) is 4.75. The molecule has 0 unspecified atom stereocenters. The zero-order valence-corrected chi connectivity index (χ0v) is 14.0. The molecule has 2 aromatic carbocycles. The highest BCUT2D eigenvalue weighted by Gasteiger charge is 2.24. The summed E-state index contributed by atoms with van der Waals surface area (Å²) in [6, 6.07) is 11.1. The fourth-order valence-electron chi connectivity index (χ4n) is 2.14. The van der Waals surface area contributed by atoms with Gasteiger partial charge in [-0.1, -0.05) is 24.3 Å². The van der Waals surface area contributed by atoms with Crippen molar-refractivity contribution in [2.75, 3.05) is 5.32 Å². The zero-order chi connectivity index (χ0) is 19.1. The van der Waals surface area contributed by atoms with Crippen molar-refractivity contribution in [1.29, 1.82) is 0 Å². The predicted octanol–water partition coefficient (Wildman–Crippen LogP) is 2.11. The number of nitrogens with one attached hydrogen (secondary N) is 2. The van der Waals surface area contributed by atoms with Crippen LogP contribution in [-0.2, 0) is 9.59 Å². The summed E-state index contributed by atoms with van der Waals surface area (Å²) in [5.41, 5.74) is 5.59. The van der Waals surface area contributed by atoms with Gasteiger partial charge >= 0.3 is 6.09 Å². The second-order valence-electron chi connectivity index (χ2n) is 5.47. The third-order valence-electron chi connectivity index (χ3n) is 3.49. The van der Waals surface area contributed by atoms with Crippen LogP contribution in [0.1, 0.15) is 12.0 Å². The summed E-state index contributed by atoms with van der Waals surface area (Å²) < 4.78 is 18.6. The molecule has 0 aliphatic heterocycles. The van der Waals surface area contributed by atoms with E-state index in [4.69, 9.17) is 10.5 Å². The summed E-state index contributed by atoms with van der Waals surface area (Å²) in [6.07, 6.45) is -1.36. The summed E-state index contributed by atoms with van der Waals surface area (Å²) in [7, 11) is 0. The van der Waals surface area contributed by atoms with Crippen LogP contribution in [0.5, 0.6) is 5.75 Å². The molecule has 0 bridgehead atoms. The standard InChI is InChI=1S/C18H18FN3O4/c1-11-13(19)8-5-9-14(11)21-17(24)15(10-16(20)23)22-18(25)26-12-6-3-2-4-7-12/h2-9,15H,10H2,1H3,(H2,20,23)(H,21,24)(H,22,25)/t15-/m1/s1. The SMILES string of the molecule is Cc1c(F)cccc1NC(=O)[C@@H](CC(N)=O)NC(=O)Oc1ccccc1. The van der Waals surface area contributed by atoms with Crippen LogP contribution in [0.3, 0.4) is 0 Å². The Bertz CT molecular complexity index is 811. The third kappa shape index (κ3) is 5.30. The highest BCUT2D eigenvalue weighted by Crippen LogP contribution is 2.18. The Morgan fingerprint density at radius 3 is 2.46 bits per heavy atom. The van der Waals surface area contributed by atoms with Gasteiger partial charge in [-0.05, 0) is 31.2 Å². The maximum atomic E-state index is 13.6. The van der Waals surface area contributed by atoms with E-state index in [-0.39, 0.29) is 17.0 Å². The summed E-state index contributed by atoms with van der Waals surface area (Å²) in [4.78, 5) is 35.6. The number of carbonyl (C=O) groups is 3. The van der Waals surface area contributed by atoms with Gasteiger partial charge in [0.1, 0.15) is 17.6 Å². The number of rotatable bonds is 6. The molecule has 0 heterocycles. The first-order valence-electron chi connectivity index (χ1n) is 7.74. The van der Waals surface area contributed by atoms with E-state index in [1.807, 2.05) is 0 Å². The van der Waals surface area contributed by atoms with Gasteiger partial charge in [-0.15, -0.1) is 0 Å². The first kappa shape index (κ1) is 18.9. The minimum absolute atomic E-state index is 0.225. The molecule has 0 fully saturated rings. The van der Waals surface area contributed by atoms with Gasteiger partial charge in [0.25, 0.3) is 0 Å². The van der Waals surface area contributed by atoms with Crippen molar-refractivity contribution >= 4 is 23.6 Å². The molecular formula is C18H18FN3O4. The van der Waals surface area contributed by atoms with E-state index in [9.17, 15) is 18.8 Å². The number of carbonyl (C=O) groups excluding carboxylic acids is 3. The number of ether oxygens (including phenoxy) is 1. The molecule has 8 heteroatoms. The number of primary amides is 1. The van der Waals surface area contributed by atoms with E-state index < -0.39 is 36.2 Å². The summed E-state index contributed by atoms with van der Waals surface area (Å²) >= 11 is 0. The van der Waals surface area contributed by atoms with E-state index >= 15 is 0 Å². The number of halogens is 1. The highest BCUT2D eigenvalue weighted by atomic mass is 19.1. The van der Waals surface area contributed by atoms with E-state index in [2.05, 4.69) is 10.6 Å². The number of para-hydroxylation sites is 1. The van der Waals surface area contributed by atoms with Crippen LogP contribution in [0, 0.1) is 12.7 Å². The molecule has 0 spiro atoms. The lowest BCUT2D eigenvalue weighted by atomic mass is 10.1. The molecule has 1 atom stereocenters. The Morgan fingerprint density at radius 1 is 1.12 bits per heavy atom. The normalized spacial score (nSPS) is 11.3. The largest absolute Gasteiger partial charge is 0.413 e. The third-order valence-corrected chi connectivity index (χ3v) is 3.49. The lowest BCUT2D eigenvalue weighted by Gasteiger charge is -2.18. The van der Waals surface area contributed by atoms with Crippen LogP contribution in [0.25, 0.3) is 0 Å². The van der Waals surface area contributed by atoms with Crippen LogP contribution >= 0.6 is 0 Å². The summed E-state index contributed by atoms with van der Waals surface area (Å²) in [6.45, 7) is 1.49. The molecule has 2 aromatic rings. The van der Waals surface area contributed by atoms with Gasteiger partial charge in [-0.25, -0.2) is 9.18 Å². The first-order valence-corrected chi connectivity index (χ1v) is 7.74. The fourth-order valence-corrected chi connectivity index (χ4v) is 2.14. The van der Waals surface area contributed by atoms with Crippen molar-refractivity contribution in [3.63, 3.8) is 0 Å². The van der Waals surface area contributed by atoms with Crippen LogP contribution in [0.15, 0.2) is 48.5 Å². The molecule has 0 aliphatic carbocycles. The average Bonchev–Trinajstić information content (AvgIpc) is 2.58. The van der Waals surface area contributed by atoms with Gasteiger partial charge in [-0.2, -0.15) is 0 Å². The Balaban J connectivity index is 2.08. The zero-order valence-electron chi connectivity index (χ0n) is 14.0. The molecule has 4 N–H and O–H groups in total. The number of amides is 3. The molecule has 0 radical (unpaired) electrons. The minimum Gasteiger partial charge on any atom is -0.410 e. The van der Waals surface area contributed by atoms with Crippen molar-refractivity contribution in [3.8, 4) is 5.75 Å². The number of anilines is 1. The molecule has 3 amide bonds. The van der Waals surface area contributed by atoms with E-state index in [1.165, 1.54) is 25.1 Å². The number of benzene rings is 2. The maximum absolute atomic E-state index is 13.6. The molecule has 136 valence electrons. The lowest BCUT2D eigenvalue weighted by Crippen LogP contribution is -2.47. The maximum Gasteiger partial charge on any atom is 0.413 e. The predicted molar refractivity (Wildman–Crippen MR) is 93.0 cm³/mol. The lowest BCUT2D eigenvalue weighted by molar-refractivity contribution is -0.123. The van der Waals surface area contributed by atoms with Gasteiger partial charge in [0.2, 0.25) is 11.8 Å². The molecule has 0 saturated heterocycles. The van der Waals surface area contributed by atoms with Gasteiger partial charge < -0.3 is 21.1 Å². The fraction of sp³-hybridized carbons (Fsp3) is 0.167.